The van der Waals surface area contributed by atoms with E-state index in [4.69, 9.17) is 4.52 Å². The fourth-order valence-corrected chi connectivity index (χ4v) is 3.49. The summed E-state index contributed by atoms with van der Waals surface area (Å²) in [6.45, 7) is 7.19. The molecule has 0 atom stereocenters. The smallest absolute Gasteiger partial charge is 0.151 e. The van der Waals surface area contributed by atoms with Crippen LogP contribution in [0.3, 0.4) is 0 Å². The first-order valence-corrected chi connectivity index (χ1v) is 9.33. The molecular formula is C22H25N3O. The van der Waals surface area contributed by atoms with Gasteiger partial charge in [-0.1, -0.05) is 53.2 Å². The lowest BCUT2D eigenvalue weighted by Crippen LogP contribution is -2.30. The average molecular weight is 347 g/mol. The van der Waals surface area contributed by atoms with E-state index in [0.29, 0.717) is 0 Å². The lowest BCUT2D eigenvalue weighted by atomic mass is 10.1. The highest BCUT2D eigenvalue weighted by Crippen LogP contribution is 2.21. The zero-order valence-corrected chi connectivity index (χ0v) is 15.3. The van der Waals surface area contributed by atoms with Crippen LogP contribution < -0.4 is 4.90 Å². The molecule has 1 saturated heterocycles. The Balaban J connectivity index is 1.38. The summed E-state index contributed by atoms with van der Waals surface area (Å²) in [6, 6.07) is 21.2. The molecule has 134 valence electrons. The summed E-state index contributed by atoms with van der Waals surface area (Å²) in [5, 5.41) is 4.26. The highest BCUT2D eigenvalue weighted by Gasteiger charge is 2.17. The van der Waals surface area contributed by atoms with Crippen LogP contribution in [0.2, 0.25) is 0 Å². The Kier molecular flexibility index (Phi) is 5.02. The van der Waals surface area contributed by atoms with Crippen LogP contribution >= 0.6 is 0 Å². The first-order chi connectivity index (χ1) is 12.8. The van der Waals surface area contributed by atoms with E-state index in [2.05, 4.69) is 82.5 Å². The highest BCUT2D eigenvalue weighted by atomic mass is 16.5. The maximum absolute atomic E-state index is 5.60. The quantitative estimate of drug-likeness (QED) is 0.702. The molecule has 2 aromatic carbocycles. The lowest BCUT2D eigenvalue weighted by Gasteiger charge is -2.23. The van der Waals surface area contributed by atoms with E-state index in [1.807, 2.05) is 0 Å². The van der Waals surface area contributed by atoms with E-state index >= 15 is 0 Å². The molecule has 0 aliphatic carbocycles. The van der Waals surface area contributed by atoms with E-state index in [1.165, 1.54) is 11.3 Å². The number of hydrogen-bond donors (Lipinski definition) is 0. The highest BCUT2D eigenvalue weighted by molar-refractivity contribution is 5.59. The summed E-state index contributed by atoms with van der Waals surface area (Å²) >= 11 is 0. The zero-order chi connectivity index (χ0) is 17.8. The number of hydrogen-bond acceptors (Lipinski definition) is 4. The lowest BCUT2D eigenvalue weighted by molar-refractivity contribution is 0.245. The molecule has 0 saturated carbocycles. The van der Waals surface area contributed by atoms with Crippen molar-refractivity contribution in [1.82, 2.24) is 10.1 Å². The van der Waals surface area contributed by atoms with Crippen molar-refractivity contribution in [1.29, 1.82) is 0 Å². The Hall–Kier alpha value is -2.59. The third-order valence-electron chi connectivity index (χ3n) is 5.00. The van der Waals surface area contributed by atoms with Gasteiger partial charge < -0.3 is 9.42 Å². The average Bonchev–Trinajstić information content (AvgIpc) is 3.01. The molecule has 0 radical (unpaired) electrons. The van der Waals surface area contributed by atoms with Gasteiger partial charge in [0.05, 0.1) is 6.54 Å². The van der Waals surface area contributed by atoms with Crippen molar-refractivity contribution in [3.05, 3.63) is 72.0 Å². The van der Waals surface area contributed by atoms with Crippen LogP contribution in [0.1, 0.15) is 17.7 Å². The predicted molar refractivity (Wildman–Crippen MR) is 105 cm³/mol. The van der Waals surface area contributed by atoms with Crippen molar-refractivity contribution >= 4 is 5.69 Å². The minimum absolute atomic E-state index is 0.821. The second-order valence-electron chi connectivity index (χ2n) is 7.00. The van der Waals surface area contributed by atoms with Crippen molar-refractivity contribution in [2.45, 2.75) is 19.9 Å². The molecule has 26 heavy (non-hydrogen) atoms. The van der Waals surface area contributed by atoms with Crippen molar-refractivity contribution in [2.24, 2.45) is 0 Å². The monoisotopic (exact) mass is 347 g/mol. The number of para-hydroxylation sites is 1. The molecular weight excluding hydrogens is 322 g/mol. The summed E-state index contributed by atoms with van der Waals surface area (Å²) in [7, 11) is 0. The largest absolute Gasteiger partial charge is 0.370 e. The van der Waals surface area contributed by atoms with Gasteiger partial charge in [-0.25, -0.2) is 0 Å². The van der Waals surface area contributed by atoms with E-state index in [1.54, 1.807) is 0 Å². The molecule has 1 aliphatic rings. The molecule has 4 heteroatoms. The fourth-order valence-electron chi connectivity index (χ4n) is 3.49. The number of nitrogens with zero attached hydrogens (tertiary/aromatic N) is 3. The molecule has 0 amide bonds. The van der Waals surface area contributed by atoms with Crippen LogP contribution in [0.25, 0.3) is 11.3 Å². The molecule has 1 aromatic heterocycles. The van der Waals surface area contributed by atoms with Crippen molar-refractivity contribution in [2.75, 3.05) is 31.1 Å². The minimum atomic E-state index is 0.821. The molecule has 2 heterocycles. The summed E-state index contributed by atoms with van der Waals surface area (Å²) < 4.78 is 5.60. The van der Waals surface area contributed by atoms with Gasteiger partial charge in [-0.15, -0.1) is 0 Å². The maximum atomic E-state index is 5.60. The zero-order valence-electron chi connectivity index (χ0n) is 15.3. The van der Waals surface area contributed by atoms with Crippen LogP contribution in [0, 0.1) is 6.92 Å². The Morgan fingerprint density at radius 2 is 1.73 bits per heavy atom. The van der Waals surface area contributed by atoms with Gasteiger partial charge in [-0.05, 0) is 25.5 Å². The second kappa shape index (κ2) is 7.75. The van der Waals surface area contributed by atoms with Crippen LogP contribution in [0.5, 0.6) is 0 Å². The number of anilines is 1. The van der Waals surface area contributed by atoms with Gasteiger partial charge in [0.15, 0.2) is 5.76 Å². The van der Waals surface area contributed by atoms with E-state index in [9.17, 15) is 0 Å². The van der Waals surface area contributed by atoms with Gasteiger partial charge >= 0.3 is 0 Å². The normalized spacial score (nSPS) is 15.8. The molecule has 4 nitrogen and oxygen atoms in total. The van der Waals surface area contributed by atoms with Gasteiger partial charge in [-0.3, -0.25) is 4.90 Å². The van der Waals surface area contributed by atoms with Crippen molar-refractivity contribution < 1.29 is 4.52 Å². The first kappa shape index (κ1) is 16.9. The molecule has 0 bridgehead atoms. The molecule has 4 rings (SSSR count). The van der Waals surface area contributed by atoms with E-state index in [0.717, 1.165) is 56.2 Å². The van der Waals surface area contributed by atoms with Gasteiger partial charge in [0, 0.05) is 43.5 Å². The van der Waals surface area contributed by atoms with Crippen LogP contribution in [-0.4, -0.2) is 36.2 Å². The van der Waals surface area contributed by atoms with Gasteiger partial charge in [-0.2, -0.15) is 0 Å². The minimum Gasteiger partial charge on any atom is -0.370 e. The Morgan fingerprint density at radius 1 is 0.923 bits per heavy atom. The van der Waals surface area contributed by atoms with Gasteiger partial charge in [0.25, 0.3) is 0 Å². The second-order valence-corrected chi connectivity index (χ2v) is 7.00. The third-order valence-corrected chi connectivity index (χ3v) is 5.00. The third kappa shape index (κ3) is 3.97. The fraction of sp³-hybridized carbons (Fsp3) is 0.318. The number of aryl methyl sites for hydroxylation is 1. The molecule has 1 aliphatic heterocycles. The topological polar surface area (TPSA) is 32.5 Å². The Morgan fingerprint density at radius 3 is 2.54 bits per heavy atom. The van der Waals surface area contributed by atoms with Crippen molar-refractivity contribution in [3.63, 3.8) is 0 Å². The number of rotatable bonds is 4. The summed E-state index contributed by atoms with van der Waals surface area (Å²) in [4.78, 5) is 4.93. The van der Waals surface area contributed by atoms with Gasteiger partial charge in [0.2, 0.25) is 0 Å². The van der Waals surface area contributed by atoms with Gasteiger partial charge in [0.1, 0.15) is 5.69 Å². The first-order valence-electron chi connectivity index (χ1n) is 9.33. The number of aromatic nitrogens is 1. The van der Waals surface area contributed by atoms with E-state index in [-0.39, 0.29) is 0 Å². The summed E-state index contributed by atoms with van der Waals surface area (Å²) in [6.07, 6.45) is 1.16. The molecule has 3 aromatic rings. The molecule has 0 spiro atoms. The van der Waals surface area contributed by atoms with Crippen LogP contribution in [-0.2, 0) is 6.54 Å². The SMILES string of the molecule is Cc1ccc(-c2cc(CN3CCCN(c4ccccc4)CC3)on2)cc1. The Labute approximate surface area is 155 Å². The molecule has 0 N–H and O–H groups in total. The summed E-state index contributed by atoms with van der Waals surface area (Å²) in [5.41, 5.74) is 4.60. The molecule has 1 fully saturated rings. The summed E-state index contributed by atoms with van der Waals surface area (Å²) in [5.74, 6) is 0.939. The number of benzene rings is 2. The predicted octanol–water partition coefficient (Wildman–Crippen LogP) is 4.36. The van der Waals surface area contributed by atoms with Crippen molar-refractivity contribution in [3.8, 4) is 11.3 Å². The Bertz CT molecular complexity index is 826. The van der Waals surface area contributed by atoms with E-state index < -0.39 is 0 Å². The van der Waals surface area contributed by atoms with Crippen LogP contribution in [0.15, 0.2) is 65.2 Å². The standard InChI is InChI=1S/C22H25N3O/c1-18-8-10-19(11-9-18)22-16-21(26-23-22)17-24-12-5-13-25(15-14-24)20-6-3-2-4-7-20/h2-4,6-11,16H,5,12-15,17H2,1H3. The molecule has 0 unspecified atom stereocenters. The van der Waals surface area contributed by atoms with Crippen LogP contribution in [0.4, 0.5) is 5.69 Å². The maximum Gasteiger partial charge on any atom is 0.151 e.